The lowest BCUT2D eigenvalue weighted by Crippen LogP contribution is -2.66. The Labute approximate surface area is 144 Å². The molecule has 1 nitrogen and oxygen atoms in total. The smallest absolute Gasteiger partial charge is 0.149 e. The zero-order valence-electron chi connectivity index (χ0n) is 13.9. The fraction of sp³-hybridized carbons (Fsp3) is 0.0909. The van der Waals surface area contributed by atoms with E-state index in [9.17, 15) is 0 Å². The van der Waals surface area contributed by atoms with Crippen molar-refractivity contribution in [2.24, 2.45) is 0 Å². The molecule has 0 spiro atoms. The Morgan fingerprint density at radius 1 is 0.667 bits per heavy atom. The van der Waals surface area contributed by atoms with Crippen LogP contribution >= 0.6 is 0 Å². The number of hydrogen-bond acceptors (Lipinski definition) is 1. The second kappa shape index (κ2) is 7.68. The number of benzene rings is 3. The highest BCUT2D eigenvalue weighted by atomic mass is 16.5. The molecule has 0 N–H and O–H groups in total. The Kier molecular flexibility index (Phi) is 5.16. The van der Waals surface area contributed by atoms with Gasteiger partial charge < -0.3 is 4.74 Å². The van der Waals surface area contributed by atoms with Gasteiger partial charge in [-0.1, -0.05) is 91.0 Å². The summed E-state index contributed by atoms with van der Waals surface area (Å²) in [6.07, 6.45) is -1.36. The van der Waals surface area contributed by atoms with Crippen LogP contribution in [-0.4, -0.2) is 19.9 Å². The third-order valence-corrected chi connectivity index (χ3v) is 4.43. The molecule has 0 bridgehead atoms. The molecule has 0 fully saturated rings. The number of rotatable bonds is 4. The van der Waals surface area contributed by atoms with Crippen molar-refractivity contribution in [3.63, 3.8) is 0 Å². The van der Waals surface area contributed by atoms with Gasteiger partial charge in [0.15, 0.2) is 0 Å². The lowest BCUT2D eigenvalue weighted by molar-refractivity contribution is 0.240. The Bertz CT molecular complexity index is 721. The molecule has 0 aliphatic carbocycles. The van der Waals surface area contributed by atoms with E-state index in [4.69, 9.17) is 4.74 Å². The van der Waals surface area contributed by atoms with Gasteiger partial charge in [-0.25, -0.2) is 0 Å². The minimum absolute atomic E-state index is 0.427. The van der Waals surface area contributed by atoms with Gasteiger partial charge in [-0.2, -0.15) is 16.4 Å². The summed E-state index contributed by atoms with van der Waals surface area (Å²) in [5.41, 5.74) is 3.66. The molecule has 0 amide bonds. The molecule has 3 aromatic rings. The standard InChI is InChI=1S/C22H20BO/c1-24-19-11-18-23(20-12-5-2-6-13-20,21-14-7-3-8-15-21)22-16-9-4-10-17-22/h2-10,12-17H,19H2,1H3/q-1. The van der Waals surface area contributed by atoms with Crippen LogP contribution in [0.15, 0.2) is 91.0 Å². The van der Waals surface area contributed by atoms with Crippen LogP contribution in [0.3, 0.4) is 0 Å². The SMILES string of the molecule is COCC#C[B-](c1ccccc1)(c1ccccc1)c1ccccc1. The van der Waals surface area contributed by atoms with Crippen molar-refractivity contribution in [1.29, 1.82) is 0 Å². The minimum Gasteiger partial charge on any atom is -0.372 e. The molecule has 0 atom stereocenters. The zero-order valence-corrected chi connectivity index (χ0v) is 13.9. The highest BCUT2D eigenvalue weighted by Crippen LogP contribution is 2.07. The predicted octanol–water partition coefficient (Wildman–Crippen LogP) is 2.35. The summed E-state index contributed by atoms with van der Waals surface area (Å²) in [6, 6.07) is 31.6. The highest BCUT2D eigenvalue weighted by Gasteiger charge is 2.27. The molecule has 0 aliphatic heterocycles. The maximum absolute atomic E-state index is 5.18. The molecule has 24 heavy (non-hydrogen) atoms. The Morgan fingerprint density at radius 2 is 1.04 bits per heavy atom. The van der Waals surface area contributed by atoms with Gasteiger partial charge in [0.1, 0.15) is 12.8 Å². The van der Waals surface area contributed by atoms with Crippen LogP contribution < -0.4 is 16.4 Å². The third-order valence-electron chi connectivity index (χ3n) is 4.43. The van der Waals surface area contributed by atoms with Crippen molar-refractivity contribution in [1.82, 2.24) is 0 Å². The summed E-state index contributed by atoms with van der Waals surface area (Å²) >= 11 is 0. The molecule has 3 rings (SSSR count). The molecule has 118 valence electrons. The Hall–Kier alpha value is -2.76. The summed E-state index contributed by atoms with van der Waals surface area (Å²) in [6.45, 7) is 0.427. The second-order valence-corrected chi connectivity index (χ2v) is 5.85. The third kappa shape index (κ3) is 3.13. The molecule has 0 saturated carbocycles. The summed E-state index contributed by atoms with van der Waals surface area (Å²) in [5.74, 6) is 6.80. The van der Waals surface area contributed by atoms with E-state index in [-0.39, 0.29) is 0 Å². The first-order valence-electron chi connectivity index (χ1n) is 8.19. The number of methoxy groups -OCH3 is 1. The van der Waals surface area contributed by atoms with E-state index < -0.39 is 6.15 Å². The van der Waals surface area contributed by atoms with Crippen molar-refractivity contribution in [2.45, 2.75) is 0 Å². The van der Waals surface area contributed by atoms with E-state index in [0.717, 1.165) is 0 Å². The lowest BCUT2D eigenvalue weighted by Gasteiger charge is -2.38. The zero-order chi connectivity index (χ0) is 16.7. The first kappa shape index (κ1) is 16.1. The summed E-state index contributed by atoms with van der Waals surface area (Å²) in [4.78, 5) is 0. The van der Waals surface area contributed by atoms with Gasteiger partial charge in [-0.05, 0) is 0 Å². The fourth-order valence-electron chi connectivity index (χ4n) is 3.32. The van der Waals surface area contributed by atoms with Crippen molar-refractivity contribution in [3.05, 3.63) is 91.0 Å². The van der Waals surface area contributed by atoms with E-state index in [1.807, 2.05) is 18.2 Å². The molecule has 0 aliphatic rings. The van der Waals surface area contributed by atoms with E-state index in [0.29, 0.717) is 6.61 Å². The van der Waals surface area contributed by atoms with Crippen molar-refractivity contribution in [3.8, 4) is 11.7 Å². The van der Waals surface area contributed by atoms with Gasteiger partial charge in [0.05, 0.1) is 0 Å². The van der Waals surface area contributed by atoms with Crippen LogP contribution in [0.2, 0.25) is 0 Å². The maximum Gasteiger partial charge on any atom is 0.149 e. The predicted molar refractivity (Wildman–Crippen MR) is 104 cm³/mol. The van der Waals surface area contributed by atoms with Crippen LogP contribution in [0.4, 0.5) is 0 Å². The number of hydrogen-bond donors (Lipinski definition) is 0. The summed E-state index contributed by atoms with van der Waals surface area (Å²) in [7, 11) is 1.68. The second-order valence-electron chi connectivity index (χ2n) is 5.85. The van der Waals surface area contributed by atoms with Crippen molar-refractivity contribution < 1.29 is 4.74 Å². The highest BCUT2D eigenvalue weighted by molar-refractivity contribution is 7.16. The summed E-state index contributed by atoms with van der Waals surface area (Å²) < 4.78 is 5.18. The van der Waals surface area contributed by atoms with E-state index >= 15 is 0 Å². The van der Waals surface area contributed by atoms with Crippen LogP contribution in [0.1, 0.15) is 0 Å². The maximum atomic E-state index is 5.18. The van der Waals surface area contributed by atoms with Gasteiger partial charge in [0, 0.05) is 7.11 Å². The normalized spacial score (nSPS) is 10.7. The topological polar surface area (TPSA) is 9.23 Å². The first-order valence-corrected chi connectivity index (χ1v) is 8.19. The fourth-order valence-corrected chi connectivity index (χ4v) is 3.32. The van der Waals surface area contributed by atoms with E-state index in [2.05, 4.69) is 84.5 Å². The Morgan fingerprint density at radius 3 is 1.38 bits per heavy atom. The quantitative estimate of drug-likeness (QED) is 0.531. The van der Waals surface area contributed by atoms with E-state index in [1.54, 1.807) is 7.11 Å². The molecular weight excluding hydrogens is 291 g/mol. The summed E-state index contributed by atoms with van der Waals surface area (Å²) in [5, 5.41) is 0. The molecule has 3 aromatic carbocycles. The van der Waals surface area contributed by atoms with Crippen LogP contribution in [0.5, 0.6) is 0 Å². The molecular formula is C22H20BO-. The first-order chi connectivity index (χ1) is 11.9. The molecule has 0 heterocycles. The molecule has 0 unspecified atom stereocenters. The number of ether oxygens (including phenoxy) is 1. The largest absolute Gasteiger partial charge is 0.372 e. The average Bonchev–Trinajstić information content (AvgIpc) is 2.68. The van der Waals surface area contributed by atoms with Gasteiger partial charge in [-0.3, -0.25) is 5.82 Å². The van der Waals surface area contributed by atoms with Gasteiger partial charge in [0.25, 0.3) is 0 Å². The molecule has 0 aromatic heterocycles. The van der Waals surface area contributed by atoms with Crippen LogP contribution in [-0.2, 0) is 4.74 Å². The Balaban J connectivity index is 2.31. The lowest BCUT2D eigenvalue weighted by atomic mass is 9.16. The van der Waals surface area contributed by atoms with Crippen LogP contribution in [0.25, 0.3) is 0 Å². The van der Waals surface area contributed by atoms with Gasteiger partial charge in [-0.15, -0.1) is 5.92 Å². The monoisotopic (exact) mass is 311 g/mol. The van der Waals surface area contributed by atoms with Gasteiger partial charge in [0.2, 0.25) is 0 Å². The minimum atomic E-state index is -1.36. The van der Waals surface area contributed by atoms with Crippen LogP contribution in [0, 0.1) is 11.7 Å². The molecule has 0 radical (unpaired) electrons. The molecule has 0 saturated heterocycles. The van der Waals surface area contributed by atoms with Gasteiger partial charge >= 0.3 is 0 Å². The van der Waals surface area contributed by atoms with E-state index in [1.165, 1.54) is 16.4 Å². The average molecular weight is 311 g/mol. The molecule has 2 heteroatoms. The van der Waals surface area contributed by atoms with Crippen molar-refractivity contribution >= 4 is 22.5 Å². The van der Waals surface area contributed by atoms with Crippen molar-refractivity contribution in [2.75, 3.05) is 13.7 Å².